The topological polar surface area (TPSA) is 64.4 Å². The normalized spacial score (nSPS) is 28.5. The third-order valence-electron chi connectivity index (χ3n) is 3.27. The highest BCUT2D eigenvalue weighted by Crippen LogP contribution is 2.32. The van der Waals surface area contributed by atoms with Crippen molar-refractivity contribution in [1.29, 1.82) is 0 Å². The summed E-state index contributed by atoms with van der Waals surface area (Å²) in [5, 5.41) is 2.89. The second kappa shape index (κ2) is 4.49. The van der Waals surface area contributed by atoms with E-state index in [9.17, 15) is 4.79 Å². The number of ether oxygens (including phenoxy) is 1. The molecule has 3 N–H and O–H groups in total. The second-order valence-electron chi connectivity index (χ2n) is 4.69. The third-order valence-corrected chi connectivity index (χ3v) is 3.27. The molecule has 15 heavy (non-hydrogen) atoms. The lowest BCUT2D eigenvalue weighted by molar-refractivity contribution is -0.123. The van der Waals surface area contributed by atoms with Gasteiger partial charge < -0.3 is 15.8 Å². The van der Waals surface area contributed by atoms with Crippen LogP contribution in [0.2, 0.25) is 0 Å². The third kappa shape index (κ3) is 2.92. The maximum absolute atomic E-state index is 11.5. The molecule has 86 valence electrons. The van der Waals surface area contributed by atoms with Crippen LogP contribution in [0.4, 0.5) is 0 Å². The van der Waals surface area contributed by atoms with E-state index in [1.165, 1.54) is 12.8 Å². The van der Waals surface area contributed by atoms with Gasteiger partial charge in [0.15, 0.2) is 0 Å². The van der Waals surface area contributed by atoms with Crippen LogP contribution in [0, 0.1) is 0 Å². The Kier molecular flexibility index (Phi) is 3.26. The zero-order valence-corrected chi connectivity index (χ0v) is 9.13. The standard InChI is InChI=1S/C11H20N2O2/c12-11(5-6-11)10(14)13-7-4-9-3-1-2-8-15-9/h9H,1-8,12H2,(H,13,14). The van der Waals surface area contributed by atoms with Gasteiger partial charge in [-0.05, 0) is 38.5 Å². The van der Waals surface area contributed by atoms with E-state index in [2.05, 4.69) is 5.32 Å². The lowest BCUT2D eigenvalue weighted by Gasteiger charge is -2.22. The Labute approximate surface area is 90.5 Å². The zero-order valence-electron chi connectivity index (χ0n) is 9.13. The van der Waals surface area contributed by atoms with Gasteiger partial charge in [-0.15, -0.1) is 0 Å². The summed E-state index contributed by atoms with van der Waals surface area (Å²) in [6.45, 7) is 1.57. The molecule has 0 aromatic heterocycles. The summed E-state index contributed by atoms with van der Waals surface area (Å²) in [5.41, 5.74) is 5.23. The monoisotopic (exact) mass is 212 g/mol. The molecule has 1 amide bonds. The quantitative estimate of drug-likeness (QED) is 0.715. The average Bonchev–Trinajstić information content (AvgIpc) is 2.99. The highest BCUT2D eigenvalue weighted by Gasteiger charge is 2.45. The van der Waals surface area contributed by atoms with Crippen LogP contribution in [0.1, 0.15) is 38.5 Å². The van der Waals surface area contributed by atoms with Crippen LogP contribution in [0.3, 0.4) is 0 Å². The minimum atomic E-state index is -0.534. The van der Waals surface area contributed by atoms with Gasteiger partial charge in [0.2, 0.25) is 5.91 Å². The number of carbonyl (C=O) groups is 1. The van der Waals surface area contributed by atoms with E-state index in [1.807, 2.05) is 0 Å². The molecule has 1 aliphatic carbocycles. The van der Waals surface area contributed by atoms with E-state index in [0.717, 1.165) is 32.3 Å². The van der Waals surface area contributed by atoms with Crippen molar-refractivity contribution in [2.24, 2.45) is 5.73 Å². The van der Waals surface area contributed by atoms with Crippen molar-refractivity contribution >= 4 is 5.91 Å². The minimum Gasteiger partial charge on any atom is -0.378 e. The number of hydrogen-bond donors (Lipinski definition) is 2. The lowest BCUT2D eigenvalue weighted by Crippen LogP contribution is -2.43. The molecular weight excluding hydrogens is 192 g/mol. The van der Waals surface area contributed by atoms with E-state index in [1.54, 1.807) is 0 Å². The first kappa shape index (κ1) is 10.9. The van der Waals surface area contributed by atoms with Gasteiger partial charge in [0.05, 0.1) is 11.6 Å². The number of amides is 1. The van der Waals surface area contributed by atoms with E-state index in [0.29, 0.717) is 12.6 Å². The number of nitrogens with one attached hydrogen (secondary N) is 1. The van der Waals surface area contributed by atoms with Crippen molar-refractivity contribution in [2.75, 3.05) is 13.2 Å². The zero-order chi connectivity index (χ0) is 10.7. The molecule has 0 spiro atoms. The summed E-state index contributed by atoms with van der Waals surface area (Å²) < 4.78 is 5.58. The number of rotatable bonds is 4. The van der Waals surface area contributed by atoms with Gasteiger partial charge in [-0.25, -0.2) is 0 Å². The van der Waals surface area contributed by atoms with Crippen molar-refractivity contribution in [3.63, 3.8) is 0 Å². The molecule has 1 saturated heterocycles. The van der Waals surface area contributed by atoms with Crippen LogP contribution in [0.5, 0.6) is 0 Å². The Bertz CT molecular complexity index is 233. The fourth-order valence-electron chi connectivity index (χ4n) is 1.92. The molecule has 1 aliphatic heterocycles. The van der Waals surface area contributed by atoms with Crippen molar-refractivity contribution in [1.82, 2.24) is 5.32 Å². The van der Waals surface area contributed by atoms with Gasteiger partial charge >= 0.3 is 0 Å². The summed E-state index contributed by atoms with van der Waals surface area (Å²) in [6.07, 6.45) is 6.48. The SMILES string of the molecule is NC1(C(=O)NCCC2CCCCO2)CC1. The largest absolute Gasteiger partial charge is 0.378 e. The molecule has 4 heteroatoms. The molecule has 0 aromatic rings. The molecule has 0 bridgehead atoms. The van der Waals surface area contributed by atoms with Crippen molar-refractivity contribution in [3.05, 3.63) is 0 Å². The van der Waals surface area contributed by atoms with Crippen molar-refractivity contribution in [2.45, 2.75) is 50.2 Å². The summed E-state index contributed by atoms with van der Waals surface area (Å²) in [4.78, 5) is 11.5. The van der Waals surface area contributed by atoms with Gasteiger partial charge in [-0.3, -0.25) is 4.79 Å². The van der Waals surface area contributed by atoms with E-state index >= 15 is 0 Å². The molecule has 1 atom stereocenters. The van der Waals surface area contributed by atoms with Gasteiger partial charge in [0.1, 0.15) is 0 Å². The maximum Gasteiger partial charge on any atom is 0.240 e. The molecule has 2 rings (SSSR count). The maximum atomic E-state index is 11.5. The van der Waals surface area contributed by atoms with Crippen LogP contribution in [-0.4, -0.2) is 30.7 Å². The molecule has 1 unspecified atom stereocenters. The number of hydrogen-bond acceptors (Lipinski definition) is 3. The first-order valence-corrected chi connectivity index (χ1v) is 5.89. The fraction of sp³-hybridized carbons (Fsp3) is 0.909. The first-order chi connectivity index (χ1) is 7.21. The smallest absolute Gasteiger partial charge is 0.240 e. The second-order valence-corrected chi connectivity index (χ2v) is 4.69. The van der Waals surface area contributed by atoms with Crippen LogP contribution < -0.4 is 11.1 Å². The van der Waals surface area contributed by atoms with Crippen LogP contribution in [0.15, 0.2) is 0 Å². The molecule has 1 saturated carbocycles. The van der Waals surface area contributed by atoms with E-state index in [-0.39, 0.29) is 5.91 Å². The predicted molar refractivity (Wildman–Crippen MR) is 57.4 cm³/mol. The molecular formula is C11H20N2O2. The Balaban J connectivity index is 1.59. The summed E-state index contributed by atoms with van der Waals surface area (Å²) in [6, 6.07) is 0. The van der Waals surface area contributed by atoms with Crippen LogP contribution >= 0.6 is 0 Å². The van der Waals surface area contributed by atoms with Crippen LogP contribution in [0.25, 0.3) is 0 Å². The molecule has 0 radical (unpaired) electrons. The number of nitrogens with two attached hydrogens (primary N) is 1. The van der Waals surface area contributed by atoms with Crippen LogP contribution in [-0.2, 0) is 9.53 Å². The summed E-state index contributed by atoms with van der Waals surface area (Å²) in [7, 11) is 0. The van der Waals surface area contributed by atoms with Crippen molar-refractivity contribution < 1.29 is 9.53 Å². The first-order valence-electron chi connectivity index (χ1n) is 5.89. The highest BCUT2D eigenvalue weighted by molar-refractivity contribution is 5.88. The minimum absolute atomic E-state index is 0.0123. The van der Waals surface area contributed by atoms with Gasteiger partial charge in [-0.1, -0.05) is 0 Å². The Hall–Kier alpha value is -0.610. The fourth-order valence-corrected chi connectivity index (χ4v) is 1.92. The molecule has 4 nitrogen and oxygen atoms in total. The van der Waals surface area contributed by atoms with Gasteiger partial charge in [-0.2, -0.15) is 0 Å². The Morgan fingerprint density at radius 1 is 1.47 bits per heavy atom. The molecule has 2 fully saturated rings. The Morgan fingerprint density at radius 3 is 2.87 bits per heavy atom. The lowest BCUT2D eigenvalue weighted by atomic mass is 10.1. The van der Waals surface area contributed by atoms with E-state index < -0.39 is 5.54 Å². The summed E-state index contributed by atoms with van der Waals surface area (Å²) in [5.74, 6) is 0.0123. The average molecular weight is 212 g/mol. The van der Waals surface area contributed by atoms with Gasteiger partial charge in [0.25, 0.3) is 0 Å². The van der Waals surface area contributed by atoms with Gasteiger partial charge in [0, 0.05) is 13.2 Å². The van der Waals surface area contributed by atoms with Crippen molar-refractivity contribution in [3.8, 4) is 0 Å². The number of carbonyl (C=O) groups excluding carboxylic acids is 1. The Morgan fingerprint density at radius 2 is 2.27 bits per heavy atom. The molecule has 0 aromatic carbocycles. The molecule has 2 aliphatic rings. The van der Waals surface area contributed by atoms with E-state index in [4.69, 9.17) is 10.5 Å². The predicted octanol–water partition coefficient (Wildman–Crippen LogP) is 0.553. The molecule has 1 heterocycles. The highest BCUT2D eigenvalue weighted by atomic mass is 16.5. The summed E-state index contributed by atoms with van der Waals surface area (Å²) >= 11 is 0.